The monoisotopic (exact) mass is 418 g/mol. The second-order valence-corrected chi connectivity index (χ2v) is 8.07. The molecule has 0 unspecified atom stereocenters. The van der Waals surface area contributed by atoms with E-state index in [9.17, 15) is 17.6 Å². The van der Waals surface area contributed by atoms with Gasteiger partial charge in [0.05, 0.1) is 10.6 Å². The van der Waals surface area contributed by atoms with Crippen molar-refractivity contribution in [2.24, 2.45) is 0 Å². The molecular formula is C20H16ClFN2O3S. The topological polar surface area (TPSA) is 75.3 Å². The third-order valence-electron chi connectivity index (χ3n) is 4.04. The van der Waals surface area contributed by atoms with E-state index in [1.54, 1.807) is 25.1 Å². The van der Waals surface area contributed by atoms with Gasteiger partial charge >= 0.3 is 0 Å². The summed E-state index contributed by atoms with van der Waals surface area (Å²) in [4.78, 5) is 12.4. The molecule has 2 N–H and O–H groups in total. The largest absolute Gasteiger partial charge is 0.322 e. The Kier molecular flexibility index (Phi) is 5.67. The Balaban J connectivity index is 1.86. The summed E-state index contributed by atoms with van der Waals surface area (Å²) in [5, 5.41) is 3.21. The van der Waals surface area contributed by atoms with Crippen molar-refractivity contribution in [2.45, 2.75) is 11.8 Å². The average Bonchev–Trinajstić information content (AvgIpc) is 2.67. The average molecular weight is 419 g/mol. The first-order valence-electron chi connectivity index (χ1n) is 8.22. The molecule has 144 valence electrons. The molecule has 0 saturated carbocycles. The lowest BCUT2D eigenvalue weighted by Gasteiger charge is -2.12. The van der Waals surface area contributed by atoms with E-state index < -0.39 is 21.7 Å². The van der Waals surface area contributed by atoms with Gasteiger partial charge in [0.1, 0.15) is 5.82 Å². The fraction of sp³-hybridized carbons (Fsp3) is 0.0500. The third kappa shape index (κ3) is 4.32. The third-order valence-corrected chi connectivity index (χ3v) is 5.81. The SMILES string of the molecule is Cc1c(Cl)cccc1NC(=O)c1cccc(S(=O)(=O)Nc2ccccc2F)c1. The van der Waals surface area contributed by atoms with Gasteiger partial charge in [-0.25, -0.2) is 12.8 Å². The minimum Gasteiger partial charge on any atom is -0.322 e. The Labute approximate surface area is 167 Å². The smallest absolute Gasteiger partial charge is 0.262 e. The first kappa shape index (κ1) is 19.9. The number of amides is 1. The lowest BCUT2D eigenvalue weighted by molar-refractivity contribution is 0.102. The van der Waals surface area contributed by atoms with Crippen molar-refractivity contribution in [3.05, 3.63) is 88.7 Å². The molecule has 1 amide bonds. The standard InChI is InChI=1S/C20H16ClFN2O3S/c1-13-16(21)8-5-11-18(13)23-20(25)14-6-4-7-15(12-14)28(26,27)24-19-10-3-2-9-17(19)22/h2-12,24H,1H3,(H,23,25). The minimum absolute atomic E-state index is 0.135. The highest BCUT2D eigenvalue weighted by molar-refractivity contribution is 7.92. The number of sulfonamides is 1. The lowest BCUT2D eigenvalue weighted by Crippen LogP contribution is -2.16. The summed E-state index contributed by atoms with van der Waals surface area (Å²) >= 11 is 6.05. The van der Waals surface area contributed by atoms with Crippen molar-refractivity contribution in [1.29, 1.82) is 0 Å². The molecule has 0 radical (unpaired) electrons. The van der Waals surface area contributed by atoms with Crippen molar-refractivity contribution < 1.29 is 17.6 Å². The van der Waals surface area contributed by atoms with E-state index >= 15 is 0 Å². The second-order valence-electron chi connectivity index (χ2n) is 5.98. The predicted molar refractivity (Wildman–Crippen MR) is 108 cm³/mol. The summed E-state index contributed by atoms with van der Waals surface area (Å²) in [7, 11) is -4.07. The second kappa shape index (κ2) is 8.00. The Morgan fingerprint density at radius 2 is 1.64 bits per heavy atom. The minimum atomic E-state index is -4.07. The zero-order valence-electron chi connectivity index (χ0n) is 14.7. The highest BCUT2D eigenvalue weighted by Gasteiger charge is 2.18. The number of benzene rings is 3. The van der Waals surface area contributed by atoms with Gasteiger partial charge in [0, 0.05) is 16.3 Å². The van der Waals surface area contributed by atoms with Gasteiger partial charge in [-0.3, -0.25) is 9.52 Å². The van der Waals surface area contributed by atoms with Crippen LogP contribution in [-0.2, 0) is 10.0 Å². The molecule has 3 aromatic rings. The molecule has 3 rings (SSSR count). The summed E-state index contributed by atoms with van der Waals surface area (Å²) in [5.41, 5.74) is 1.18. The fourth-order valence-electron chi connectivity index (χ4n) is 2.49. The van der Waals surface area contributed by atoms with Crippen LogP contribution in [0.3, 0.4) is 0 Å². The molecule has 0 aliphatic heterocycles. The summed E-state index contributed by atoms with van der Waals surface area (Å²) < 4.78 is 41.1. The maximum atomic E-state index is 13.8. The van der Waals surface area contributed by atoms with Crippen LogP contribution in [0.4, 0.5) is 15.8 Å². The highest BCUT2D eigenvalue weighted by atomic mass is 35.5. The van der Waals surface area contributed by atoms with Crippen LogP contribution in [0.5, 0.6) is 0 Å². The molecule has 0 bridgehead atoms. The van der Waals surface area contributed by atoms with Gasteiger partial charge in [0.15, 0.2) is 0 Å². The molecule has 0 atom stereocenters. The van der Waals surface area contributed by atoms with Crippen LogP contribution in [0, 0.1) is 12.7 Å². The number of para-hydroxylation sites is 1. The molecule has 0 heterocycles. The van der Waals surface area contributed by atoms with Crippen LogP contribution < -0.4 is 10.0 Å². The molecule has 28 heavy (non-hydrogen) atoms. The van der Waals surface area contributed by atoms with Crippen LogP contribution in [0.25, 0.3) is 0 Å². The Hall–Kier alpha value is -2.90. The number of hydrogen-bond donors (Lipinski definition) is 2. The summed E-state index contributed by atoms with van der Waals surface area (Å²) in [5.74, 6) is -1.19. The van der Waals surface area contributed by atoms with E-state index in [0.717, 1.165) is 6.07 Å². The van der Waals surface area contributed by atoms with E-state index in [4.69, 9.17) is 11.6 Å². The molecule has 0 aliphatic rings. The van der Waals surface area contributed by atoms with Gasteiger partial charge in [-0.1, -0.05) is 35.9 Å². The maximum Gasteiger partial charge on any atom is 0.262 e. The number of hydrogen-bond acceptors (Lipinski definition) is 3. The van der Waals surface area contributed by atoms with Crippen molar-refractivity contribution in [1.82, 2.24) is 0 Å². The fourth-order valence-corrected chi connectivity index (χ4v) is 3.78. The molecule has 8 heteroatoms. The van der Waals surface area contributed by atoms with Gasteiger partial charge in [0.2, 0.25) is 0 Å². The van der Waals surface area contributed by atoms with E-state index in [1.165, 1.54) is 42.5 Å². The van der Waals surface area contributed by atoms with E-state index in [1.807, 2.05) is 0 Å². The molecule has 0 saturated heterocycles. The number of carbonyl (C=O) groups is 1. The quantitative estimate of drug-likeness (QED) is 0.622. The van der Waals surface area contributed by atoms with Crippen molar-refractivity contribution in [3.8, 4) is 0 Å². The van der Waals surface area contributed by atoms with Gasteiger partial charge in [0.25, 0.3) is 15.9 Å². The molecule has 0 aromatic heterocycles. The van der Waals surface area contributed by atoms with Crippen molar-refractivity contribution in [2.75, 3.05) is 10.0 Å². The van der Waals surface area contributed by atoms with Crippen molar-refractivity contribution >= 4 is 38.9 Å². The molecule has 0 spiro atoms. The van der Waals surface area contributed by atoms with Crippen LogP contribution in [-0.4, -0.2) is 14.3 Å². The number of anilines is 2. The van der Waals surface area contributed by atoms with Gasteiger partial charge in [-0.15, -0.1) is 0 Å². The molecule has 5 nitrogen and oxygen atoms in total. The first-order valence-corrected chi connectivity index (χ1v) is 10.1. The molecule has 0 aliphatic carbocycles. The summed E-state index contributed by atoms with van der Waals surface area (Å²) in [6.45, 7) is 1.76. The van der Waals surface area contributed by atoms with Crippen LogP contribution in [0.15, 0.2) is 71.6 Å². The van der Waals surface area contributed by atoms with Crippen LogP contribution in [0.1, 0.15) is 15.9 Å². The normalized spacial score (nSPS) is 11.1. The molecule has 3 aromatic carbocycles. The maximum absolute atomic E-state index is 13.8. The van der Waals surface area contributed by atoms with Gasteiger partial charge in [-0.05, 0) is 55.0 Å². The highest BCUT2D eigenvalue weighted by Crippen LogP contribution is 2.24. The number of carbonyl (C=O) groups excluding carboxylic acids is 1. The summed E-state index contributed by atoms with van der Waals surface area (Å²) in [6, 6.07) is 16.0. The van der Waals surface area contributed by atoms with Gasteiger partial charge < -0.3 is 5.32 Å². The number of halogens is 2. The first-order chi connectivity index (χ1) is 13.3. The number of rotatable bonds is 5. The Morgan fingerprint density at radius 3 is 2.39 bits per heavy atom. The van der Waals surface area contributed by atoms with Gasteiger partial charge in [-0.2, -0.15) is 0 Å². The van der Waals surface area contributed by atoms with E-state index in [2.05, 4.69) is 10.0 Å². The molecule has 0 fully saturated rings. The predicted octanol–water partition coefficient (Wildman–Crippen LogP) is 4.84. The van der Waals surface area contributed by atoms with Crippen LogP contribution in [0.2, 0.25) is 5.02 Å². The van der Waals surface area contributed by atoms with Crippen molar-refractivity contribution in [3.63, 3.8) is 0 Å². The number of nitrogens with one attached hydrogen (secondary N) is 2. The van der Waals surface area contributed by atoms with Crippen LogP contribution >= 0.6 is 11.6 Å². The van der Waals surface area contributed by atoms with E-state index in [-0.39, 0.29) is 16.1 Å². The Morgan fingerprint density at radius 1 is 0.964 bits per heavy atom. The zero-order chi connectivity index (χ0) is 20.3. The van der Waals surface area contributed by atoms with E-state index in [0.29, 0.717) is 16.3 Å². The molecular weight excluding hydrogens is 403 g/mol. The Bertz CT molecular complexity index is 1150. The zero-order valence-corrected chi connectivity index (χ0v) is 16.3. The summed E-state index contributed by atoms with van der Waals surface area (Å²) in [6.07, 6.45) is 0. The lowest BCUT2D eigenvalue weighted by atomic mass is 10.1.